The predicted molar refractivity (Wildman–Crippen MR) is 222 cm³/mol. The number of hydrogen-bond acceptors (Lipinski definition) is 4. The van der Waals surface area contributed by atoms with Gasteiger partial charge in [0, 0.05) is 47.3 Å². The second-order valence-electron chi connectivity index (χ2n) is 13.7. The zero-order valence-corrected chi connectivity index (χ0v) is 29.1. The molecule has 0 unspecified atom stereocenters. The van der Waals surface area contributed by atoms with Crippen LogP contribution in [0.5, 0.6) is 0 Å². The maximum atomic E-state index is 6.97. The molecule has 0 aliphatic rings. The number of furan rings is 1. The van der Waals surface area contributed by atoms with Crippen molar-refractivity contribution in [1.82, 2.24) is 14.5 Å². The molecule has 4 aromatic heterocycles. The van der Waals surface area contributed by atoms with Gasteiger partial charge in [-0.25, -0.2) is 9.97 Å². The molecule has 0 radical (unpaired) electrons. The van der Waals surface area contributed by atoms with Gasteiger partial charge in [-0.2, -0.15) is 0 Å². The van der Waals surface area contributed by atoms with Crippen LogP contribution in [-0.4, -0.2) is 14.5 Å². The molecule has 8 aromatic carbocycles. The van der Waals surface area contributed by atoms with Crippen molar-refractivity contribution in [2.24, 2.45) is 0 Å². The van der Waals surface area contributed by atoms with Crippen LogP contribution in [0.4, 0.5) is 0 Å². The van der Waals surface area contributed by atoms with Crippen molar-refractivity contribution in [3.63, 3.8) is 0 Å². The van der Waals surface area contributed by atoms with Crippen molar-refractivity contribution in [3.05, 3.63) is 164 Å². The first kappa shape index (κ1) is 28.8. The van der Waals surface area contributed by atoms with Crippen molar-refractivity contribution in [2.75, 3.05) is 0 Å². The van der Waals surface area contributed by atoms with E-state index in [-0.39, 0.29) is 0 Å². The van der Waals surface area contributed by atoms with Gasteiger partial charge < -0.3 is 4.42 Å². The quantitative estimate of drug-likeness (QED) is 0.185. The molecule has 0 aliphatic heterocycles. The summed E-state index contributed by atoms with van der Waals surface area (Å²) in [6.07, 6.45) is 0. The molecule has 0 fully saturated rings. The Hall–Kier alpha value is -6.82. The molecule has 12 aromatic rings. The largest absolute Gasteiger partial charge is 0.455 e. The number of para-hydroxylation sites is 2. The molecule has 5 heteroatoms. The van der Waals surface area contributed by atoms with E-state index in [1.807, 2.05) is 11.3 Å². The van der Waals surface area contributed by atoms with Gasteiger partial charge in [-0.1, -0.05) is 115 Å². The Balaban J connectivity index is 1.15. The Morgan fingerprint density at radius 1 is 0.453 bits per heavy atom. The van der Waals surface area contributed by atoms with E-state index >= 15 is 0 Å². The van der Waals surface area contributed by atoms with Crippen LogP contribution < -0.4 is 0 Å². The maximum Gasteiger partial charge on any atom is 0.235 e. The van der Waals surface area contributed by atoms with Gasteiger partial charge in [0.25, 0.3) is 0 Å². The van der Waals surface area contributed by atoms with Crippen LogP contribution in [0.3, 0.4) is 0 Å². The summed E-state index contributed by atoms with van der Waals surface area (Å²) in [6, 6.07) is 58.1. The van der Waals surface area contributed by atoms with E-state index < -0.39 is 0 Å². The van der Waals surface area contributed by atoms with Gasteiger partial charge in [0.15, 0.2) is 0 Å². The molecule has 12 rings (SSSR count). The SMILES string of the molecule is c1ccc(-c2cc3oc4c(ccc5c4c4ccccc4n5-c4nc(-c5ccc6sc7ccccc7c6c5)c5ccccc5n4)c3c3ccccc23)cc1. The highest BCUT2D eigenvalue weighted by molar-refractivity contribution is 7.25. The minimum atomic E-state index is 0.632. The van der Waals surface area contributed by atoms with E-state index in [1.165, 1.54) is 36.5 Å². The van der Waals surface area contributed by atoms with Gasteiger partial charge >= 0.3 is 0 Å². The van der Waals surface area contributed by atoms with Gasteiger partial charge in [0.1, 0.15) is 11.2 Å². The fraction of sp³-hybridized carbons (Fsp3) is 0. The van der Waals surface area contributed by atoms with Gasteiger partial charge in [-0.3, -0.25) is 4.57 Å². The summed E-state index contributed by atoms with van der Waals surface area (Å²) in [7, 11) is 0. The predicted octanol–water partition coefficient (Wildman–Crippen LogP) is 13.5. The second-order valence-corrected chi connectivity index (χ2v) is 14.8. The van der Waals surface area contributed by atoms with Gasteiger partial charge in [-0.05, 0) is 70.4 Å². The van der Waals surface area contributed by atoms with Crippen molar-refractivity contribution in [2.45, 2.75) is 0 Å². The summed E-state index contributed by atoms with van der Waals surface area (Å²) in [5, 5.41) is 10.3. The summed E-state index contributed by atoms with van der Waals surface area (Å²) < 4.78 is 11.7. The Morgan fingerprint density at radius 2 is 1.17 bits per heavy atom. The Morgan fingerprint density at radius 3 is 2.06 bits per heavy atom. The van der Waals surface area contributed by atoms with Gasteiger partial charge in [-0.15, -0.1) is 11.3 Å². The van der Waals surface area contributed by atoms with Crippen molar-refractivity contribution in [1.29, 1.82) is 0 Å². The van der Waals surface area contributed by atoms with E-state index in [0.29, 0.717) is 5.95 Å². The maximum absolute atomic E-state index is 6.97. The molecule has 0 saturated heterocycles. The summed E-state index contributed by atoms with van der Waals surface area (Å²) in [5.74, 6) is 0.632. The number of aromatic nitrogens is 3. The highest BCUT2D eigenvalue weighted by atomic mass is 32.1. The molecular formula is C48H27N3OS. The van der Waals surface area contributed by atoms with E-state index in [1.54, 1.807) is 0 Å². The molecule has 4 nitrogen and oxygen atoms in total. The summed E-state index contributed by atoms with van der Waals surface area (Å²) in [4.78, 5) is 10.7. The molecule has 0 N–H and O–H groups in total. The minimum absolute atomic E-state index is 0.632. The third kappa shape index (κ3) is 4.11. The first-order valence-corrected chi connectivity index (χ1v) is 18.6. The zero-order chi connectivity index (χ0) is 34.6. The van der Waals surface area contributed by atoms with Crippen LogP contribution in [0.1, 0.15) is 0 Å². The number of fused-ring (bicyclic) bond motifs is 13. The second kappa shape index (κ2) is 10.8. The fourth-order valence-corrected chi connectivity index (χ4v) is 9.57. The lowest BCUT2D eigenvalue weighted by molar-refractivity contribution is 0.673. The molecule has 0 saturated carbocycles. The monoisotopic (exact) mass is 693 g/mol. The smallest absolute Gasteiger partial charge is 0.235 e. The molecule has 4 heterocycles. The van der Waals surface area contributed by atoms with Crippen LogP contribution >= 0.6 is 11.3 Å². The lowest BCUT2D eigenvalue weighted by atomic mass is 9.95. The van der Waals surface area contributed by atoms with Crippen LogP contribution in [0, 0.1) is 0 Å². The van der Waals surface area contributed by atoms with E-state index in [4.69, 9.17) is 14.4 Å². The number of nitrogens with zero attached hydrogens (tertiary/aromatic N) is 3. The molecule has 0 bridgehead atoms. The highest BCUT2D eigenvalue weighted by Gasteiger charge is 2.23. The first-order chi connectivity index (χ1) is 26.3. The number of hydrogen-bond donors (Lipinski definition) is 0. The zero-order valence-electron chi connectivity index (χ0n) is 28.2. The Labute approximate surface area is 306 Å². The Bertz CT molecular complexity index is 3460. The number of thiophene rings is 1. The standard InChI is InChI=1S/C48H27N3OS/c1-2-12-28(13-3-1)36-27-41-44(32-16-5-4-14-30(32)36)35-23-24-40-45(47(35)52-41)34-18-7-10-20-39(34)51(40)48-49-38-19-9-6-17-33(38)46(50-48)29-22-25-43-37(26-29)31-15-8-11-21-42(31)53-43/h1-27H. The van der Waals surface area contributed by atoms with Crippen LogP contribution in [-0.2, 0) is 0 Å². The number of benzene rings is 8. The average Bonchev–Trinajstić information content (AvgIpc) is 3.89. The first-order valence-electron chi connectivity index (χ1n) is 17.8. The number of rotatable bonds is 3. The third-order valence-electron chi connectivity index (χ3n) is 10.8. The fourth-order valence-electron chi connectivity index (χ4n) is 8.48. The van der Waals surface area contributed by atoms with Crippen molar-refractivity contribution < 1.29 is 4.42 Å². The summed E-state index contributed by atoms with van der Waals surface area (Å²) in [6.45, 7) is 0. The molecule has 0 amide bonds. The van der Waals surface area contributed by atoms with Gasteiger partial charge in [0.2, 0.25) is 5.95 Å². The van der Waals surface area contributed by atoms with Crippen molar-refractivity contribution >= 4 is 96.9 Å². The van der Waals surface area contributed by atoms with Crippen LogP contribution in [0.25, 0.3) is 114 Å². The summed E-state index contributed by atoms with van der Waals surface area (Å²) in [5.41, 5.74) is 9.01. The minimum Gasteiger partial charge on any atom is -0.455 e. The molecular weight excluding hydrogens is 667 g/mol. The van der Waals surface area contributed by atoms with Crippen molar-refractivity contribution in [3.8, 4) is 28.3 Å². The van der Waals surface area contributed by atoms with E-state index in [2.05, 4.69) is 168 Å². The molecule has 53 heavy (non-hydrogen) atoms. The topological polar surface area (TPSA) is 43.9 Å². The molecule has 246 valence electrons. The van der Waals surface area contributed by atoms with E-state index in [0.717, 1.165) is 71.5 Å². The molecule has 0 atom stereocenters. The van der Waals surface area contributed by atoms with Crippen LogP contribution in [0.15, 0.2) is 168 Å². The molecule has 0 aliphatic carbocycles. The normalized spacial score (nSPS) is 12.2. The summed E-state index contributed by atoms with van der Waals surface area (Å²) >= 11 is 1.83. The lowest BCUT2D eigenvalue weighted by Gasteiger charge is -2.12. The third-order valence-corrected chi connectivity index (χ3v) is 12.0. The lowest BCUT2D eigenvalue weighted by Crippen LogP contribution is -2.03. The van der Waals surface area contributed by atoms with E-state index in [9.17, 15) is 0 Å². The van der Waals surface area contributed by atoms with Crippen LogP contribution in [0.2, 0.25) is 0 Å². The van der Waals surface area contributed by atoms with Gasteiger partial charge in [0.05, 0.1) is 27.6 Å². The molecule has 0 spiro atoms. The highest BCUT2D eigenvalue weighted by Crippen LogP contribution is 2.45. The average molecular weight is 694 g/mol. The Kier molecular flexibility index (Phi) is 5.90.